The topological polar surface area (TPSA) is 143 Å². The summed E-state index contributed by atoms with van der Waals surface area (Å²) in [6.07, 6.45) is 2.69. The quantitative estimate of drug-likeness (QED) is 0.511. The van der Waals surface area contributed by atoms with Gasteiger partial charge in [0.1, 0.15) is 17.5 Å². The number of amides is 1. The van der Waals surface area contributed by atoms with E-state index in [4.69, 9.17) is 10.5 Å². The number of pyridine rings is 1. The number of benzene rings is 1. The second-order valence-electron chi connectivity index (χ2n) is 7.60. The van der Waals surface area contributed by atoms with E-state index in [1.54, 1.807) is 36.5 Å². The van der Waals surface area contributed by atoms with Crippen LogP contribution in [0.15, 0.2) is 47.5 Å². The number of nitrogens with one attached hydrogen (secondary N) is 2. The monoisotopic (exact) mass is 456 g/mol. The van der Waals surface area contributed by atoms with Crippen molar-refractivity contribution in [3.8, 4) is 11.1 Å². The number of sulfone groups is 1. The number of nitrogens with zero attached hydrogens (tertiary/aromatic N) is 3. The van der Waals surface area contributed by atoms with Gasteiger partial charge < -0.3 is 20.7 Å². The summed E-state index contributed by atoms with van der Waals surface area (Å²) in [4.78, 5) is 19.4. The highest BCUT2D eigenvalue weighted by Gasteiger charge is 2.27. The number of aromatic nitrogens is 3. The molecule has 1 saturated heterocycles. The van der Waals surface area contributed by atoms with Crippen molar-refractivity contribution >= 4 is 33.2 Å². The van der Waals surface area contributed by atoms with Gasteiger partial charge in [0.05, 0.1) is 35.9 Å². The Bertz CT molecular complexity index is 1240. The highest BCUT2D eigenvalue weighted by Crippen LogP contribution is 2.37. The smallest absolute Gasteiger partial charge is 0.253 e. The molecule has 0 aliphatic carbocycles. The Kier molecular flexibility index (Phi) is 5.85. The lowest BCUT2D eigenvalue weighted by Crippen LogP contribution is -2.44. The Morgan fingerprint density at radius 1 is 1.28 bits per heavy atom. The van der Waals surface area contributed by atoms with Crippen LogP contribution in [0.4, 0.5) is 17.5 Å². The Labute approximate surface area is 185 Å². The fraction of sp³-hybridized carbons (Fsp3) is 0.286. The predicted molar refractivity (Wildman–Crippen MR) is 121 cm³/mol. The number of ether oxygens (including phenoxy) is 1. The molecule has 11 heteroatoms. The van der Waals surface area contributed by atoms with Crippen LogP contribution in [0.5, 0.6) is 0 Å². The SMILES string of the molecule is C[C@@H]1COCCN1c1cc(-c2ccccc2S(C)(=O)=O)c(C(N)=O)c(Nc2ccn[nH]2)n1. The fourth-order valence-corrected chi connectivity index (χ4v) is 4.67. The summed E-state index contributed by atoms with van der Waals surface area (Å²) in [5.41, 5.74) is 6.61. The zero-order valence-corrected chi connectivity index (χ0v) is 18.5. The van der Waals surface area contributed by atoms with Crippen LogP contribution < -0.4 is 16.0 Å². The third kappa shape index (κ3) is 4.30. The molecule has 2 aromatic heterocycles. The van der Waals surface area contributed by atoms with Crippen molar-refractivity contribution in [1.82, 2.24) is 15.2 Å². The first-order valence-electron chi connectivity index (χ1n) is 10.0. The molecular weight excluding hydrogens is 432 g/mol. The molecule has 168 valence electrons. The van der Waals surface area contributed by atoms with E-state index in [-0.39, 0.29) is 22.3 Å². The average Bonchev–Trinajstić information content (AvgIpc) is 3.26. The minimum absolute atomic E-state index is 0.0358. The molecule has 1 aromatic carbocycles. The van der Waals surface area contributed by atoms with E-state index >= 15 is 0 Å². The van der Waals surface area contributed by atoms with Gasteiger partial charge >= 0.3 is 0 Å². The van der Waals surface area contributed by atoms with Crippen molar-refractivity contribution in [2.45, 2.75) is 17.9 Å². The second kappa shape index (κ2) is 8.60. The summed E-state index contributed by atoms with van der Waals surface area (Å²) < 4.78 is 30.5. The van der Waals surface area contributed by atoms with E-state index in [0.29, 0.717) is 42.5 Å². The molecule has 4 rings (SSSR count). The molecule has 0 bridgehead atoms. The van der Waals surface area contributed by atoms with Crippen molar-refractivity contribution in [3.63, 3.8) is 0 Å². The number of hydrogen-bond acceptors (Lipinski definition) is 8. The molecule has 0 unspecified atom stereocenters. The first kappa shape index (κ1) is 21.8. The number of carbonyl (C=O) groups excluding carboxylic acids is 1. The molecule has 1 fully saturated rings. The van der Waals surface area contributed by atoms with Crippen LogP contribution in [0.2, 0.25) is 0 Å². The summed E-state index contributed by atoms with van der Waals surface area (Å²) in [6.45, 7) is 3.66. The molecule has 1 atom stereocenters. The lowest BCUT2D eigenvalue weighted by atomic mass is 9.99. The average molecular weight is 457 g/mol. The second-order valence-corrected chi connectivity index (χ2v) is 9.58. The molecule has 0 spiro atoms. The number of H-pyrrole nitrogens is 1. The van der Waals surface area contributed by atoms with Crippen molar-refractivity contribution in [2.75, 3.05) is 36.2 Å². The molecular formula is C21H24N6O4S. The molecule has 1 aliphatic heterocycles. The molecule has 1 aliphatic rings. The lowest BCUT2D eigenvalue weighted by Gasteiger charge is -2.35. The summed E-state index contributed by atoms with van der Waals surface area (Å²) in [5.74, 6) is 0.552. The van der Waals surface area contributed by atoms with E-state index in [2.05, 4.69) is 25.4 Å². The van der Waals surface area contributed by atoms with Crippen molar-refractivity contribution in [2.24, 2.45) is 5.73 Å². The van der Waals surface area contributed by atoms with E-state index in [1.165, 1.54) is 6.07 Å². The Morgan fingerprint density at radius 3 is 2.72 bits per heavy atom. The number of morpholine rings is 1. The summed E-state index contributed by atoms with van der Waals surface area (Å²) in [7, 11) is -3.58. The first-order chi connectivity index (χ1) is 15.3. The van der Waals surface area contributed by atoms with Gasteiger partial charge in [-0.15, -0.1) is 0 Å². The molecule has 4 N–H and O–H groups in total. The summed E-state index contributed by atoms with van der Waals surface area (Å²) >= 11 is 0. The van der Waals surface area contributed by atoms with Gasteiger partial charge in [-0.2, -0.15) is 5.10 Å². The van der Waals surface area contributed by atoms with E-state index in [0.717, 1.165) is 6.26 Å². The Hall–Kier alpha value is -3.44. The first-order valence-corrected chi connectivity index (χ1v) is 11.9. The largest absolute Gasteiger partial charge is 0.377 e. The molecule has 32 heavy (non-hydrogen) atoms. The highest BCUT2D eigenvalue weighted by molar-refractivity contribution is 7.90. The van der Waals surface area contributed by atoms with Crippen LogP contribution in [0, 0.1) is 0 Å². The number of aromatic amines is 1. The lowest BCUT2D eigenvalue weighted by molar-refractivity contribution is 0.0983. The minimum atomic E-state index is -3.58. The van der Waals surface area contributed by atoms with Crippen LogP contribution in [0.25, 0.3) is 11.1 Å². The summed E-state index contributed by atoms with van der Waals surface area (Å²) in [6, 6.07) is 9.95. The Balaban J connectivity index is 1.99. The molecule has 0 radical (unpaired) electrons. The zero-order chi connectivity index (χ0) is 22.9. The van der Waals surface area contributed by atoms with Crippen LogP contribution >= 0.6 is 0 Å². The van der Waals surface area contributed by atoms with Gasteiger partial charge in [0.25, 0.3) is 5.91 Å². The summed E-state index contributed by atoms with van der Waals surface area (Å²) in [5, 5.41) is 9.74. The maximum atomic E-state index is 12.6. The van der Waals surface area contributed by atoms with E-state index in [9.17, 15) is 13.2 Å². The van der Waals surface area contributed by atoms with Gasteiger partial charge in [0.2, 0.25) is 0 Å². The minimum Gasteiger partial charge on any atom is -0.377 e. The molecule has 0 saturated carbocycles. The number of hydrogen-bond donors (Lipinski definition) is 3. The number of carbonyl (C=O) groups is 1. The number of anilines is 3. The van der Waals surface area contributed by atoms with Gasteiger partial charge in [-0.05, 0) is 19.1 Å². The van der Waals surface area contributed by atoms with Crippen LogP contribution in [-0.4, -0.2) is 61.6 Å². The van der Waals surface area contributed by atoms with Gasteiger partial charge in [-0.25, -0.2) is 13.4 Å². The number of nitrogens with two attached hydrogens (primary N) is 1. The number of rotatable bonds is 6. The highest BCUT2D eigenvalue weighted by atomic mass is 32.2. The van der Waals surface area contributed by atoms with Gasteiger partial charge in [0.15, 0.2) is 9.84 Å². The van der Waals surface area contributed by atoms with E-state index < -0.39 is 15.7 Å². The van der Waals surface area contributed by atoms with Crippen LogP contribution in [0.1, 0.15) is 17.3 Å². The molecule has 3 heterocycles. The van der Waals surface area contributed by atoms with Crippen molar-refractivity contribution in [1.29, 1.82) is 0 Å². The third-order valence-corrected chi connectivity index (χ3v) is 6.40. The van der Waals surface area contributed by atoms with E-state index in [1.807, 2.05) is 6.92 Å². The normalized spacial score (nSPS) is 16.7. The maximum absolute atomic E-state index is 12.6. The predicted octanol–water partition coefficient (Wildman–Crippen LogP) is 1.94. The zero-order valence-electron chi connectivity index (χ0n) is 17.7. The van der Waals surface area contributed by atoms with Crippen LogP contribution in [-0.2, 0) is 14.6 Å². The fourth-order valence-electron chi connectivity index (χ4n) is 3.76. The van der Waals surface area contributed by atoms with Gasteiger partial charge in [0, 0.05) is 30.0 Å². The number of primary amides is 1. The van der Waals surface area contributed by atoms with Crippen molar-refractivity contribution < 1.29 is 17.9 Å². The molecule has 3 aromatic rings. The molecule has 1 amide bonds. The van der Waals surface area contributed by atoms with Gasteiger partial charge in [-0.1, -0.05) is 18.2 Å². The maximum Gasteiger partial charge on any atom is 0.253 e. The van der Waals surface area contributed by atoms with Crippen LogP contribution in [0.3, 0.4) is 0 Å². The standard InChI is InChI=1S/C21H24N6O4S/c1-13-12-31-10-9-27(13)18-11-15(14-5-3-4-6-16(14)32(2,29)30)19(20(22)28)21(25-18)24-17-7-8-23-26-17/h3-8,11,13H,9-10,12H2,1-2H3,(H2,22,28)(H2,23,24,25,26)/t13-/m1/s1. The third-order valence-electron chi connectivity index (χ3n) is 5.24. The molecule has 10 nitrogen and oxygen atoms in total. The van der Waals surface area contributed by atoms with Crippen molar-refractivity contribution in [3.05, 3.63) is 48.2 Å². The Morgan fingerprint density at radius 2 is 2.06 bits per heavy atom. The van der Waals surface area contributed by atoms with Gasteiger partial charge in [-0.3, -0.25) is 9.89 Å².